The molecule has 2 heterocycles. The molecule has 1 aromatic heterocycles. The smallest absolute Gasteiger partial charge is 0.222 e. The summed E-state index contributed by atoms with van der Waals surface area (Å²) in [6, 6.07) is 9.58. The SMILES string of the molecule is CNc1nccc(-c2ccc(OC3CCOCC3)c(C#N)c2)n1. The van der Waals surface area contributed by atoms with E-state index in [9.17, 15) is 5.26 Å². The number of hydrogen-bond donors (Lipinski definition) is 1. The van der Waals surface area contributed by atoms with E-state index in [0.29, 0.717) is 30.5 Å². The third-order valence-electron chi connectivity index (χ3n) is 3.74. The second-order valence-corrected chi connectivity index (χ2v) is 5.27. The first-order valence-corrected chi connectivity index (χ1v) is 7.60. The Morgan fingerprint density at radius 2 is 2.13 bits per heavy atom. The maximum absolute atomic E-state index is 9.42. The van der Waals surface area contributed by atoms with Crippen LogP contribution >= 0.6 is 0 Å². The van der Waals surface area contributed by atoms with Crippen molar-refractivity contribution in [2.75, 3.05) is 25.6 Å². The Hall–Kier alpha value is -2.65. The second-order valence-electron chi connectivity index (χ2n) is 5.27. The summed E-state index contributed by atoms with van der Waals surface area (Å²) in [7, 11) is 1.77. The fourth-order valence-electron chi connectivity index (χ4n) is 2.49. The number of nitrogens with zero attached hydrogens (tertiary/aromatic N) is 3. The second kappa shape index (κ2) is 7.07. The molecular weight excluding hydrogens is 292 g/mol. The third kappa shape index (κ3) is 3.58. The highest BCUT2D eigenvalue weighted by atomic mass is 16.5. The molecule has 6 nitrogen and oxygen atoms in total. The van der Waals surface area contributed by atoms with Crippen LogP contribution in [0.5, 0.6) is 5.75 Å². The topological polar surface area (TPSA) is 80.1 Å². The summed E-state index contributed by atoms with van der Waals surface area (Å²) in [5, 5.41) is 12.3. The molecule has 1 aliphatic heterocycles. The van der Waals surface area contributed by atoms with Gasteiger partial charge < -0.3 is 14.8 Å². The Kier molecular flexibility index (Phi) is 4.69. The highest BCUT2D eigenvalue weighted by Gasteiger charge is 2.17. The molecule has 1 saturated heterocycles. The molecule has 0 radical (unpaired) electrons. The first-order chi connectivity index (χ1) is 11.3. The molecular formula is C17H18N4O2. The van der Waals surface area contributed by atoms with Crippen LogP contribution in [0, 0.1) is 11.3 Å². The van der Waals surface area contributed by atoms with Gasteiger partial charge in [0.1, 0.15) is 17.9 Å². The van der Waals surface area contributed by atoms with Crippen LogP contribution in [-0.4, -0.2) is 36.3 Å². The molecule has 0 bridgehead atoms. The average molecular weight is 310 g/mol. The number of benzene rings is 1. The van der Waals surface area contributed by atoms with Crippen molar-refractivity contribution in [3.05, 3.63) is 36.0 Å². The maximum Gasteiger partial charge on any atom is 0.222 e. The first-order valence-electron chi connectivity index (χ1n) is 7.60. The van der Waals surface area contributed by atoms with E-state index in [0.717, 1.165) is 24.1 Å². The lowest BCUT2D eigenvalue weighted by Gasteiger charge is -2.23. The van der Waals surface area contributed by atoms with Gasteiger partial charge in [-0.3, -0.25) is 0 Å². The molecule has 0 spiro atoms. The van der Waals surface area contributed by atoms with Gasteiger partial charge in [0.25, 0.3) is 0 Å². The third-order valence-corrected chi connectivity index (χ3v) is 3.74. The van der Waals surface area contributed by atoms with E-state index in [1.165, 1.54) is 0 Å². The minimum Gasteiger partial charge on any atom is -0.489 e. The number of ether oxygens (including phenoxy) is 2. The van der Waals surface area contributed by atoms with Crippen LogP contribution < -0.4 is 10.1 Å². The van der Waals surface area contributed by atoms with Crippen molar-refractivity contribution in [3.8, 4) is 23.1 Å². The lowest BCUT2D eigenvalue weighted by Crippen LogP contribution is -2.26. The molecule has 1 aromatic carbocycles. The number of aromatic nitrogens is 2. The summed E-state index contributed by atoms with van der Waals surface area (Å²) >= 11 is 0. The summed E-state index contributed by atoms with van der Waals surface area (Å²) < 4.78 is 11.3. The van der Waals surface area contributed by atoms with Gasteiger partial charge in [0.2, 0.25) is 5.95 Å². The average Bonchev–Trinajstić information content (AvgIpc) is 2.63. The van der Waals surface area contributed by atoms with E-state index in [1.807, 2.05) is 18.2 Å². The van der Waals surface area contributed by atoms with Gasteiger partial charge in [0.15, 0.2) is 0 Å². The van der Waals surface area contributed by atoms with Gasteiger partial charge in [0, 0.05) is 31.6 Å². The Morgan fingerprint density at radius 3 is 2.87 bits per heavy atom. The van der Waals surface area contributed by atoms with Gasteiger partial charge in [-0.1, -0.05) is 0 Å². The van der Waals surface area contributed by atoms with E-state index in [2.05, 4.69) is 21.4 Å². The first kappa shape index (κ1) is 15.3. The Labute approximate surface area is 135 Å². The summed E-state index contributed by atoms with van der Waals surface area (Å²) in [4.78, 5) is 8.49. The van der Waals surface area contributed by atoms with Crippen molar-refractivity contribution in [2.45, 2.75) is 18.9 Å². The van der Waals surface area contributed by atoms with Crippen LogP contribution in [0.25, 0.3) is 11.3 Å². The zero-order valence-corrected chi connectivity index (χ0v) is 13.0. The Balaban J connectivity index is 1.85. The number of rotatable bonds is 4. The highest BCUT2D eigenvalue weighted by molar-refractivity contribution is 5.64. The summed E-state index contributed by atoms with van der Waals surface area (Å²) in [6.07, 6.45) is 3.50. The quantitative estimate of drug-likeness (QED) is 0.935. The molecule has 1 fully saturated rings. The number of anilines is 1. The van der Waals surface area contributed by atoms with Crippen LogP contribution in [0.3, 0.4) is 0 Å². The maximum atomic E-state index is 9.42. The van der Waals surface area contributed by atoms with E-state index in [4.69, 9.17) is 9.47 Å². The van der Waals surface area contributed by atoms with Gasteiger partial charge in [-0.15, -0.1) is 0 Å². The molecule has 3 rings (SSSR count). The van der Waals surface area contributed by atoms with Gasteiger partial charge in [-0.05, 0) is 24.3 Å². The normalized spacial score (nSPS) is 15.0. The van der Waals surface area contributed by atoms with E-state index >= 15 is 0 Å². The van der Waals surface area contributed by atoms with Crippen molar-refractivity contribution in [2.24, 2.45) is 0 Å². The van der Waals surface area contributed by atoms with E-state index in [1.54, 1.807) is 19.3 Å². The zero-order chi connectivity index (χ0) is 16.1. The van der Waals surface area contributed by atoms with E-state index < -0.39 is 0 Å². The van der Waals surface area contributed by atoms with Crippen molar-refractivity contribution in [1.29, 1.82) is 5.26 Å². The summed E-state index contributed by atoms with van der Waals surface area (Å²) in [6.45, 7) is 1.41. The summed E-state index contributed by atoms with van der Waals surface area (Å²) in [5.41, 5.74) is 2.14. The predicted molar refractivity (Wildman–Crippen MR) is 86.2 cm³/mol. The fraction of sp³-hybridized carbons (Fsp3) is 0.353. The van der Waals surface area contributed by atoms with Crippen molar-refractivity contribution < 1.29 is 9.47 Å². The number of nitriles is 1. The van der Waals surface area contributed by atoms with Crippen molar-refractivity contribution in [3.63, 3.8) is 0 Å². The van der Waals surface area contributed by atoms with Crippen LogP contribution in [0.4, 0.5) is 5.95 Å². The molecule has 0 saturated carbocycles. The van der Waals surface area contributed by atoms with E-state index in [-0.39, 0.29) is 6.10 Å². The Bertz CT molecular complexity index is 721. The summed E-state index contributed by atoms with van der Waals surface area (Å²) in [5.74, 6) is 1.16. The predicted octanol–water partition coefficient (Wildman–Crippen LogP) is 2.61. The largest absolute Gasteiger partial charge is 0.489 e. The van der Waals surface area contributed by atoms with Crippen molar-refractivity contribution >= 4 is 5.95 Å². The number of nitrogens with one attached hydrogen (secondary N) is 1. The van der Waals surface area contributed by atoms with Gasteiger partial charge in [-0.25, -0.2) is 9.97 Å². The van der Waals surface area contributed by atoms with Crippen molar-refractivity contribution in [1.82, 2.24) is 9.97 Å². The minimum absolute atomic E-state index is 0.108. The van der Waals surface area contributed by atoms with Crippen LogP contribution in [0.2, 0.25) is 0 Å². The molecule has 0 atom stereocenters. The molecule has 6 heteroatoms. The Morgan fingerprint density at radius 1 is 1.30 bits per heavy atom. The van der Waals surface area contributed by atoms with Gasteiger partial charge >= 0.3 is 0 Å². The molecule has 118 valence electrons. The lowest BCUT2D eigenvalue weighted by atomic mass is 10.1. The highest BCUT2D eigenvalue weighted by Crippen LogP contribution is 2.27. The van der Waals surface area contributed by atoms with Crippen LogP contribution in [0.15, 0.2) is 30.5 Å². The molecule has 2 aromatic rings. The lowest BCUT2D eigenvalue weighted by molar-refractivity contribution is 0.0254. The number of hydrogen-bond acceptors (Lipinski definition) is 6. The molecule has 1 aliphatic rings. The fourth-order valence-corrected chi connectivity index (χ4v) is 2.49. The molecule has 0 amide bonds. The molecule has 0 unspecified atom stereocenters. The zero-order valence-electron chi connectivity index (χ0n) is 13.0. The molecule has 0 aliphatic carbocycles. The van der Waals surface area contributed by atoms with Crippen LogP contribution in [-0.2, 0) is 4.74 Å². The monoisotopic (exact) mass is 310 g/mol. The molecule has 1 N–H and O–H groups in total. The van der Waals surface area contributed by atoms with Gasteiger partial charge in [0.05, 0.1) is 24.5 Å². The molecule has 23 heavy (non-hydrogen) atoms. The van der Waals surface area contributed by atoms with Gasteiger partial charge in [-0.2, -0.15) is 5.26 Å². The minimum atomic E-state index is 0.108. The van der Waals surface area contributed by atoms with Crippen LogP contribution in [0.1, 0.15) is 18.4 Å². The standard InChI is InChI=1S/C17H18N4O2/c1-19-17-20-7-4-15(21-17)12-2-3-16(13(10-12)11-18)23-14-5-8-22-9-6-14/h2-4,7,10,14H,5-6,8-9H2,1H3,(H,19,20,21).